The van der Waals surface area contributed by atoms with Gasteiger partial charge in [0.1, 0.15) is 18.1 Å². The molecule has 1 N–H and O–H groups in total. The minimum Gasteiger partial charge on any atom is -0.508 e. The second kappa shape index (κ2) is 11.9. The summed E-state index contributed by atoms with van der Waals surface area (Å²) in [7, 11) is 1.70. The summed E-state index contributed by atoms with van der Waals surface area (Å²) in [6.07, 6.45) is 8.08. The molecule has 0 amide bonds. The maximum absolute atomic E-state index is 15.2. The molecule has 6 rings (SSSR count). The van der Waals surface area contributed by atoms with E-state index in [9.17, 15) is 5.11 Å². The van der Waals surface area contributed by atoms with Crippen LogP contribution in [-0.2, 0) is 19.4 Å². The number of aryl methyl sites for hydroxylation is 1. The second-order valence-electron chi connectivity index (χ2n) is 12.4. The number of hydrogen-bond acceptors (Lipinski definition) is 5. The normalized spacial score (nSPS) is 21.7. The van der Waals surface area contributed by atoms with Crippen molar-refractivity contribution in [1.82, 2.24) is 4.90 Å². The number of aromatic hydroxyl groups is 1. The SMILES string of the molecule is COc1ccc(C2CCc3cc(O)ccc3C2)c(N(Cc2ccc(OCCN3C4CCC3CC4)c(F)c2)C(C)C)c1. The topological polar surface area (TPSA) is 45.2 Å². The van der Waals surface area contributed by atoms with Crippen molar-refractivity contribution in [3.63, 3.8) is 0 Å². The summed E-state index contributed by atoms with van der Waals surface area (Å²) in [5.74, 6) is 1.55. The van der Waals surface area contributed by atoms with E-state index < -0.39 is 0 Å². The number of rotatable bonds is 10. The van der Waals surface area contributed by atoms with E-state index in [-0.39, 0.29) is 11.9 Å². The largest absolute Gasteiger partial charge is 0.508 e. The number of phenolic OH excluding ortho intramolecular Hbond substituents is 1. The third-order valence-electron chi connectivity index (χ3n) is 9.59. The molecule has 2 bridgehead atoms. The van der Waals surface area contributed by atoms with Crippen LogP contribution in [0.15, 0.2) is 54.6 Å². The molecule has 2 aliphatic heterocycles. The molecule has 1 atom stereocenters. The van der Waals surface area contributed by atoms with E-state index in [1.165, 1.54) is 42.4 Å². The van der Waals surface area contributed by atoms with Crippen molar-refractivity contribution in [2.45, 2.75) is 89.4 Å². The predicted octanol–water partition coefficient (Wildman–Crippen LogP) is 7.23. The van der Waals surface area contributed by atoms with Crippen molar-refractivity contribution in [3.8, 4) is 17.2 Å². The summed E-state index contributed by atoms with van der Waals surface area (Å²) in [4.78, 5) is 4.91. The molecular formula is C35H43FN2O3. The van der Waals surface area contributed by atoms with Crippen LogP contribution in [0.1, 0.15) is 74.1 Å². The lowest BCUT2D eigenvalue weighted by molar-refractivity contribution is 0.190. The average Bonchev–Trinajstić information content (AvgIpc) is 3.55. The van der Waals surface area contributed by atoms with Gasteiger partial charge in [-0.15, -0.1) is 0 Å². The lowest BCUT2D eigenvalue weighted by Gasteiger charge is -2.35. The Bertz CT molecular complexity index is 1360. The van der Waals surface area contributed by atoms with Gasteiger partial charge in [-0.3, -0.25) is 4.90 Å². The smallest absolute Gasteiger partial charge is 0.165 e. The van der Waals surface area contributed by atoms with Gasteiger partial charge in [0.05, 0.1) is 7.11 Å². The van der Waals surface area contributed by atoms with E-state index in [0.29, 0.717) is 42.7 Å². The Morgan fingerprint density at radius 3 is 2.44 bits per heavy atom. The summed E-state index contributed by atoms with van der Waals surface area (Å²) in [5, 5.41) is 9.94. The Hall–Kier alpha value is -3.25. The fourth-order valence-electron chi connectivity index (χ4n) is 7.40. The van der Waals surface area contributed by atoms with Crippen LogP contribution in [0.5, 0.6) is 17.2 Å². The summed E-state index contributed by atoms with van der Waals surface area (Å²) >= 11 is 0. The first-order chi connectivity index (χ1) is 19.9. The Morgan fingerprint density at radius 1 is 0.951 bits per heavy atom. The molecule has 3 aliphatic rings. The van der Waals surface area contributed by atoms with Crippen LogP contribution in [0.3, 0.4) is 0 Å². The van der Waals surface area contributed by atoms with Gasteiger partial charge in [0.25, 0.3) is 0 Å². The fraction of sp³-hybridized carbons (Fsp3) is 0.486. The molecule has 1 aliphatic carbocycles. The van der Waals surface area contributed by atoms with Crippen LogP contribution >= 0.6 is 0 Å². The highest BCUT2D eigenvalue weighted by Crippen LogP contribution is 2.41. The van der Waals surface area contributed by atoms with Gasteiger partial charge in [0.15, 0.2) is 11.6 Å². The minimum absolute atomic E-state index is 0.198. The summed E-state index contributed by atoms with van der Waals surface area (Å²) in [6.45, 7) is 6.36. The summed E-state index contributed by atoms with van der Waals surface area (Å²) < 4.78 is 26.8. The molecule has 0 saturated carbocycles. The number of nitrogens with zero attached hydrogens (tertiary/aromatic N) is 2. The number of ether oxygens (including phenoxy) is 2. The van der Waals surface area contributed by atoms with Crippen LogP contribution in [-0.4, -0.2) is 48.4 Å². The molecule has 5 nitrogen and oxygen atoms in total. The zero-order valence-corrected chi connectivity index (χ0v) is 24.6. The van der Waals surface area contributed by atoms with Gasteiger partial charge in [-0.2, -0.15) is 0 Å². The van der Waals surface area contributed by atoms with Crippen molar-refractivity contribution in [2.24, 2.45) is 0 Å². The minimum atomic E-state index is -0.298. The highest BCUT2D eigenvalue weighted by atomic mass is 19.1. The Labute approximate surface area is 243 Å². The first kappa shape index (κ1) is 27.9. The molecular weight excluding hydrogens is 515 g/mol. The van der Waals surface area contributed by atoms with E-state index in [0.717, 1.165) is 42.8 Å². The summed E-state index contributed by atoms with van der Waals surface area (Å²) in [6, 6.07) is 19.1. The third-order valence-corrected chi connectivity index (χ3v) is 9.59. The van der Waals surface area contributed by atoms with Crippen molar-refractivity contribution in [3.05, 3.63) is 82.7 Å². The molecule has 41 heavy (non-hydrogen) atoms. The van der Waals surface area contributed by atoms with Gasteiger partial charge in [-0.05, 0) is 117 Å². The Kier molecular flexibility index (Phi) is 8.12. The molecule has 2 saturated heterocycles. The van der Waals surface area contributed by atoms with Crippen LogP contribution in [0.2, 0.25) is 0 Å². The maximum Gasteiger partial charge on any atom is 0.165 e. The quantitative estimate of drug-likeness (QED) is 0.284. The van der Waals surface area contributed by atoms with Gasteiger partial charge in [-0.25, -0.2) is 4.39 Å². The number of benzene rings is 3. The molecule has 6 heteroatoms. The number of halogens is 1. The van der Waals surface area contributed by atoms with Gasteiger partial charge >= 0.3 is 0 Å². The number of fused-ring (bicyclic) bond motifs is 3. The van der Waals surface area contributed by atoms with Gasteiger partial charge in [-0.1, -0.05) is 18.2 Å². The zero-order chi connectivity index (χ0) is 28.5. The molecule has 218 valence electrons. The number of hydrogen-bond donors (Lipinski definition) is 1. The number of methoxy groups -OCH3 is 1. The monoisotopic (exact) mass is 558 g/mol. The molecule has 0 spiro atoms. The maximum atomic E-state index is 15.2. The fourth-order valence-corrected chi connectivity index (χ4v) is 7.40. The van der Waals surface area contributed by atoms with Crippen LogP contribution in [0.4, 0.5) is 10.1 Å². The molecule has 3 aromatic rings. The third kappa shape index (κ3) is 5.90. The Morgan fingerprint density at radius 2 is 1.73 bits per heavy atom. The van der Waals surface area contributed by atoms with Gasteiger partial charge in [0, 0.05) is 43.0 Å². The molecule has 2 heterocycles. The van der Waals surface area contributed by atoms with E-state index in [1.807, 2.05) is 18.2 Å². The number of phenols is 1. The number of anilines is 1. The lowest BCUT2D eigenvalue weighted by Crippen LogP contribution is -2.32. The summed E-state index contributed by atoms with van der Waals surface area (Å²) in [5.41, 5.74) is 5.87. The van der Waals surface area contributed by atoms with Crippen LogP contribution in [0.25, 0.3) is 0 Å². The van der Waals surface area contributed by atoms with Gasteiger partial charge in [0.2, 0.25) is 0 Å². The van der Waals surface area contributed by atoms with Crippen LogP contribution in [0, 0.1) is 5.82 Å². The van der Waals surface area contributed by atoms with E-state index in [1.54, 1.807) is 25.3 Å². The first-order valence-corrected chi connectivity index (χ1v) is 15.3. The first-order valence-electron chi connectivity index (χ1n) is 15.3. The highest BCUT2D eigenvalue weighted by molar-refractivity contribution is 5.60. The molecule has 0 aromatic heterocycles. The Balaban J connectivity index is 1.19. The van der Waals surface area contributed by atoms with Gasteiger partial charge < -0.3 is 19.5 Å². The van der Waals surface area contributed by atoms with E-state index in [2.05, 4.69) is 41.8 Å². The van der Waals surface area contributed by atoms with Crippen LogP contribution < -0.4 is 14.4 Å². The van der Waals surface area contributed by atoms with E-state index in [4.69, 9.17) is 9.47 Å². The molecule has 0 radical (unpaired) electrons. The van der Waals surface area contributed by atoms with Crippen molar-refractivity contribution in [1.29, 1.82) is 0 Å². The van der Waals surface area contributed by atoms with Crippen molar-refractivity contribution in [2.75, 3.05) is 25.2 Å². The molecule has 1 unspecified atom stereocenters. The van der Waals surface area contributed by atoms with Crippen molar-refractivity contribution >= 4 is 5.69 Å². The second-order valence-corrected chi connectivity index (χ2v) is 12.4. The van der Waals surface area contributed by atoms with Crippen molar-refractivity contribution < 1.29 is 19.0 Å². The standard InChI is InChI=1S/C35H43FN2O3/c1-23(2)38(22-24-4-15-35(33(36)18-24)41-17-16-37-28-8-9-29(37)11-10-28)34-21-31(40-3)13-14-32(34)27-6-5-26-20-30(39)12-7-25(26)19-27/h4,7,12-15,18,20-21,23,27-29,39H,5-6,8-11,16-17,19,22H2,1-3H3. The average molecular weight is 559 g/mol. The van der Waals surface area contributed by atoms with E-state index >= 15 is 4.39 Å². The lowest BCUT2D eigenvalue weighted by atomic mass is 9.79. The zero-order valence-electron chi connectivity index (χ0n) is 24.6. The predicted molar refractivity (Wildman–Crippen MR) is 162 cm³/mol. The molecule has 3 aromatic carbocycles. The molecule has 2 fully saturated rings. The highest BCUT2D eigenvalue weighted by Gasteiger charge is 2.38.